The number of carbonyl (C=O) groups is 1. The third-order valence-electron chi connectivity index (χ3n) is 4.28. The Hall–Kier alpha value is -3.15. The number of hydrogen-bond donors (Lipinski definition) is 0. The second-order valence-electron chi connectivity index (χ2n) is 6.73. The maximum atomic E-state index is 12.8. The van der Waals surface area contributed by atoms with Crippen molar-refractivity contribution in [1.82, 2.24) is 15.0 Å². The maximum Gasteiger partial charge on any atom is 0.253 e. The molecule has 2 heterocycles. The molecule has 6 heteroatoms. The third-order valence-corrected chi connectivity index (χ3v) is 4.28. The minimum absolute atomic E-state index is 0.0817. The largest absolute Gasteiger partial charge is 0.495 e. The van der Waals surface area contributed by atoms with Gasteiger partial charge in [-0.05, 0) is 23.8 Å². The Kier molecular flexibility index (Phi) is 5.54. The van der Waals surface area contributed by atoms with Crippen molar-refractivity contribution in [1.29, 1.82) is 0 Å². The Labute approximate surface area is 158 Å². The molecule has 0 aliphatic carbocycles. The van der Waals surface area contributed by atoms with Crippen LogP contribution >= 0.6 is 0 Å². The van der Waals surface area contributed by atoms with Crippen LogP contribution in [0.25, 0.3) is 11.1 Å². The fourth-order valence-electron chi connectivity index (χ4n) is 2.73. The molecule has 0 saturated heterocycles. The number of aromatic nitrogens is 2. The van der Waals surface area contributed by atoms with Gasteiger partial charge in [-0.2, -0.15) is 0 Å². The standard InChI is InChI=1S/C21H23N3O3/c1-14(2)20-10-18(23-27-20)13-24(3)21(25)16-7-5-6-15(8-16)17-9-19(26-4)12-22-11-17/h5-12,14H,13H2,1-4H3. The lowest BCUT2D eigenvalue weighted by Gasteiger charge is -2.16. The van der Waals surface area contributed by atoms with E-state index in [1.54, 1.807) is 37.5 Å². The second-order valence-corrected chi connectivity index (χ2v) is 6.73. The molecular formula is C21H23N3O3. The molecule has 0 N–H and O–H groups in total. The molecule has 0 fully saturated rings. The topological polar surface area (TPSA) is 68.5 Å². The number of pyridine rings is 1. The summed E-state index contributed by atoms with van der Waals surface area (Å²) in [4.78, 5) is 18.6. The van der Waals surface area contributed by atoms with Gasteiger partial charge in [0, 0.05) is 36.4 Å². The minimum atomic E-state index is -0.0817. The number of methoxy groups -OCH3 is 1. The quantitative estimate of drug-likeness (QED) is 0.657. The van der Waals surface area contributed by atoms with E-state index in [1.165, 1.54) is 0 Å². The van der Waals surface area contributed by atoms with E-state index in [2.05, 4.69) is 10.1 Å². The van der Waals surface area contributed by atoms with Crippen molar-refractivity contribution in [3.05, 3.63) is 65.8 Å². The van der Waals surface area contributed by atoms with Crippen LogP contribution < -0.4 is 4.74 Å². The van der Waals surface area contributed by atoms with Gasteiger partial charge in [0.25, 0.3) is 5.91 Å². The molecule has 0 bridgehead atoms. The Morgan fingerprint density at radius 3 is 2.70 bits per heavy atom. The van der Waals surface area contributed by atoms with E-state index in [9.17, 15) is 4.79 Å². The third kappa shape index (κ3) is 4.34. The number of nitrogens with zero attached hydrogens (tertiary/aromatic N) is 3. The van der Waals surface area contributed by atoms with Crippen molar-refractivity contribution in [3.63, 3.8) is 0 Å². The molecule has 27 heavy (non-hydrogen) atoms. The van der Waals surface area contributed by atoms with Crippen LogP contribution in [0.15, 0.2) is 53.3 Å². The van der Waals surface area contributed by atoms with E-state index < -0.39 is 0 Å². The highest BCUT2D eigenvalue weighted by Gasteiger charge is 2.16. The van der Waals surface area contributed by atoms with E-state index in [-0.39, 0.29) is 11.8 Å². The first-order valence-electron chi connectivity index (χ1n) is 8.78. The monoisotopic (exact) mass is 365 g/mol. The molecule has 0 aliphatic heterocycles. The Balaban J connectivity index is 1.77. The highest BCUT2D eigenvalue weighted by Crippen LogP contribution is 2.24. The first-order valence-corrected chi connectivity index (χ1v) is 8.78. The van der Waals surface area contributed by atoms with Crippen LogP contribution in [0.3, 0.4) is 0 Å². The first kappa shape index (κ1) is 18.6. The van der Waals surface area contributed by atoms with Crippen LogP contribution in [0.5, 0.6) is 5.75 Å². The summed E-state index contributed by atoms with van der Waals surface area (Å²) in [7, 11) is 3.36. The second kappa shape index (κ2) is 8.03. The average Bonchev–Trinajstić information content (AvgIpc) is 3.16. The number of hydrogen-bond acceptors (Lipinski definition) is 5. The van der Waals surface area contributed by atoms with Crippen LogP contribution in [0.4, 0.5) is 0 Å². The molecular weight excluding hydrogens is 342 g/mol. The maximum absolute atomic E-state index is 12.8. The number of rotatable bonds is 6. The zero-order valence-electron chi connectivity index (χ0n) is 16.0. The predicted molar refractivity (Wildman–Crippen MR) is 103 cm³/mol. The molecule has 0 aliphatic rings. The molecule has 140 valence electrons. The van der Waals surface area contributed by atoms with E-state index in [1.807, 2.05) is 44.2 Å². The van der Waals surface area contributed by atoms with Gasteiger partial charge >= 0.3 is 0 Å². The normalized spacial score (nSPS) is 10.9. The van der Waals surface area contributed by atoms with Gasteiger partial charge in [0.2, 0.25) is 0 Å². The lowest BCUT2D eigenvalue weighted by Crippen LogP contribution is -2.26. The number of ether oxygens (including phenoxy) is 1. The summed E-state index contributed by atoms with van der Waals surface area (Å²) in [6, 6.07) is 11.3. The highest BCUT2D eigenvalue weighted by molar-refractivity contribution is 5.95. The predicted octanol–water partition coefficient (Wildman–Crippen LogP) is 4.14. The molecule has 0 radical (unpaired) electrons. The van der Waals surface area contributed by atoms with Crippen LogP contribution in [0, 0.1) is 0 Å². The van der Waals surface area contributed by atoms with Crippen molar-refractivity contribution in [3.8, 4) is 16.9 Å². The van der Waals surface area contributed by atoms with Gasteiger partial charge in [-0.15, -0.1) is 0 Å². The number of amides is 1. The molecule has 2 aromatic heterocycles. The van der Waals surface area contributed by atoms with Gasteiger partial charge in [0.15, 0.2) is 0 Å². The molecule has 1 amide bonds. The summed E-state index contributed by atoms with van der Waals surface area (Å²) in [6.07, 6.45) is 3.40. The van der Waals surface area contributed by atoms with Crippen LogP contribution in [-0.2, 0) is 6.54 Å². The van der Waals surface area contributed by atoms with E-state index >= 15 is 0 Å². The minimum Gasteiger partial charge on any atom is -0.495 e. The van der Waals surface area contributed by atoms with Crippen molar-refractivity contribution in [2.45, 2.75) is 26.3 Å². The van der Waals surface area contributed by atoms with E-state index in [4.69, 9.17) is 9.26 Å². The highest BCUT2D eigenvalue weighted by atomic mass is 16.5. The molecule has 0 saturated carbocycles. The SMILES string of the molecule is COc1cncc(-c2cccc(C(=O)N(C)Cc3cc(C(C)C)on3)c2)c1. The zero-order chi connectivity index (χ0) is 19.4. The fourth-order valence-corrected chi connectivity index (χ4v) is 2.73. The van der Waals surface area contributed by atoms with Gasteiger partial charge < -0.3 is 14.2 Å². The molecule has 3 aromatic rings. The van der Waals surface area contributed by atoms with E-state index in [0.717, 1.165) is 22.6 Å². The molecule has 0 unspecified atom stereocenters. The summed E-state index contributed by atoms with van der Waals surface area (Å²) in [5, 5.41) is 4.05. The average molecular weight is 365 g/mol. The number of carbonyl (C=O) groups excluding carboxylic acids is 1. The molecule has 0 atom stereocenters. The number of benzene rings is 1. The lowest BCUT2D eigenvalue weighted by molar-refractivity contribution is 0.0782. The van der Waals surface area contributed by atoms with Crippen LogP contribution in [-0.4, -0.2) is 35.1 Å². The smallest absolute Gasteiger partial charge is 0.253 e. The summed E-state index contributed by atoms with van der Waals surface area (Å²) in [6.45, 7) is 4.47. The Morgan fingerprint density at radius 1 is 1.19 bits per heavy atom. The van der Waals surface area contributed by atoms with Gasteiger partial charge in [-0.3, -0.25) is 9.78 Å². The van der Waals surface area contributed by atoms with Crippen molar-refractivity contribution in [2.75, 3.05) is 14.2 Å². The van der Waals surface area contributed by atoms with Crippen molar-refractivity contribution in [2.24, 2.45) is 0 Å². The summed E-state index contributed by atoms with van der Waals surface area (Å²) >= 11 is 0. The van der Waals surface area contributed by atoms with Crippen molar-refractivity contribution >= 4 is 5.91 Å². The van der Waals surface area contributed by atoms with Crippen molar-refractivity contribution < 1.29 is 14.1 Å². The lowest BCUT2D eigenvalue weighted by atomic mass is 10.0. The molecule has 6 nitrogen and oxygen atoms in total. The van der Waals surface area contributed by atoms with Gasteiger partial charge in [0.1, 0.15) is 17.2 Å². The zero-order valence-corrected chi connectivity index (χ0v) is 16.0. The molecule has 3 rings (SSSR count). The van der Waals surface area contributed by atoms with Crippen LogP contribution in [0.1, 0.15) is 41.6 Å². The Bertz CT molecular complexity index is 934. The summed E-state index contributed by atoms with van der Waals surface area (Å²) < 4.78 is 10.5. The molecule has 1 aromatic carbocycles. The van der Waals surface area contributed by atoms with Crippen LogP contribution in [0.2, 0.25) is 0 Å². The summed E-state index contributed by atoms with van der Waals surface area (Å²) in [5.74, 6) is 1.67. The van der Waals surface area contributed by atoms with Gasteiger partial charge in [-0.1, -0.05) is 31.1 Å². The van der Waals surface area contributed by atoms with Gasteiger partial charge in [-0.25, -0.2) is 0 Å². The fraction of sp³-hybridized carbons (Fsp3) is 0.286. The van der Waals surface area contributed by atoms with Gasteiger partial charge in [0.05, 0.1) is 19.9 Å². The Morgan fingerprint density at radius 2 is 2.00 bits per heavy atom. The van der Waals surface area contributed by atoms with E-state index in [0.29, 0.717) is 17.9 Å². The summed E-state index contributed by atoms with van der Waals surface area (Å²) in [5.41, 5.74) is 3.14. The first-order chi connectivity index (χ1) is 13.0. The molecule has 0 spiro atoms.